The van der Waals surface area contributed by atoms with E-state index in [-0.39, 0.29) is 43.5 Å². The fourth-order valence-electron chi connectivity index (χ4n) is 11.3. The minimum absolute atomic E-state index is 0.0820. The molecule has 1 aliphatic heterocycles. The molecule has 64 heavy (non-hydrogen) atoms. The maximum atomic E-state index is 14.7. The highest BCUT2D eigenvalue weighted by Gasteiger charge is 2.65. The molecule has 360 valence electrons. The number of unbranched alkanes of at least 4 members (excludes halogenated alkanes) is 11. The van der Waals surface area contributed by atoms with Gasteiger partial charge >= 0.3 is 6.09 Å². The molecule has 1 aromatic carbocycles. The number of oxime groups is 1. The topological polar surface area (TPSA) is 139 Å². The molecule has 2 fully saturated rings. The maximum Gasteiger partial charge on any atom is 0.412 e. The number of ether oxygens (including phenoxy) is 3. The monoisotopic (exact) mass is 892 g/mol. The maximum absolute atomic E-state index is 14.7. The van der Waals surface area contributed by atoms with Gasteiger partial charge in [0.05, 0.1) is 18.2 Å². The predicted molar refractivity (Wildman–Crippen MR) is 256 cm³/mol. The molecule has 5 rings (SSSR count). The van der Waals surface area contributed by atoms with Gasteiger partial charge in [-0.05, 0) is 93.4 Å². The van der Waals surface area contributed by atoms with Gasteiger partial charge in [0.25, 0.3) is 0 Å². The van der Waals surface area contributed by atoms with E-state index in [9.17, 15) is 19.8 Å². The van der Waals surface area contributed by atoms with E-state index in [1.54, 1.807) is 12.1 Å². The molecule has 6 unspecified atom stereocenters. The summed E-state index contributed by atoms with van der Waals surface area (Å²) in [7, 11) is 0. The van der Waals surface area contributed by atoms with Crippen LogP contribution in [0.15, 0.2) is 47.7 Å². The van der Waals surface area contributed by atoms with Crippen LogP contribution >= 0.6 is 0 Å². The molecule has 0 radical (unpaired) electrons. The van der Waals surface area contributed by atoms with Crippen LogP contribution < -0.4 is 14.8 Å². The van der Waals surface area contributed by atoms with Crippen LogP contribution in [-0.2, 0) is 14.4 Å². The number of carbonyl (C=O) groups excluding carboxylic acids is 2. The number of benzene rings is 1. The first kappa shape index (κ1) is 51.6. The molecule has 3 N–H and O–H groups in total. The summed E-state index contributed by atoms with van der Waals surface area (Å²) in [4.78, 5) is 35.9. The van der Waals surface area contributed by atoms with Crippen molar-refractivity contribution in [2.45, 2.75) is 193 Å². The lowest BCUT2D eigenvalue weighted by Crippen LogP contribution is -2.70. The Balaban J connectivity index is 1.51. The molecule has 0 spiro atoms. The van der Waals surface area contributed by atoms with Gasteiger partial charge in [-0.25, -0.2) is 4.79 Å². The third-order valence-electron chi connectivity index (χ3n) is 14.4. The average molecular weight is 892 g/mol. The summed E-state index contributed by atoms with van der Waals surface area (Å²) in [6.07, 6.45) is 28.0. The second-order valence-corrected chi connectivity index (χ2v) is 19.0. The molecule has 0 bridgehead atoms. The van der Waals surface area contributed by atoms with Gasteiger partial charge in [0.2, 0.25) is 11.7 Å². The molecule has 0 aromatic heterocycles. The molecular formula is C53H85N3O8. The molecule has 6 atom stereocenters. The Morgan fingerprint density at radius 3 is 2.28 bits per heavy atom. The summed E-state index contributed by atoms with van der Waals surface area (Å²) in [5.74, 6) is 0.104. The fourth-order valence-corrected chi connectivity index (χ4v) is 11.3. The van der Waals surface area contributed by atoms with E-state index < -0.39 is 23.8 Å². The van der Waals surface area contributed by atoms with Gasteiger partial charge in [0, 0.05) is 50.6 Å². The Labute approximate surface area is 386 Å². The standard InChI is InChI=1S/C53H85N3O8/c1-5-9-10-11-12-13-14-15-16-21-32-54-52(60)63-42-29-30-47-45(38-42)50-43(27-20-23-35-58)41(26-19-22-34-57)37-44-46(55-62-8-4)39-48(53(64-47,51(44)50)61-36-7-3)56(33-6-2)49(59)31-28-40-24-17-18-25-40/h7,29-30,37-38,40-41,43,48,50-51,57-58H,3,5-6,8-28,31-36,39H2,1-2,4H3,(H,54,60). The molecule has 4 aliphatic rings. The number of nitrogens with zero attached hydrogens (tertiary/aromatic N) is 2. The lowest BCUT2D eigenvalue weighted by atomic mass is 9.55. The highest BCUT2D eigenvalue weighted by molar-refractivity contribution is 6.03. The number of aliphatic hydroxyl groups excluding tert-OH is 2. The number of carbonyl (C=O) groups is 2. The van der Waals surface area contributed by atoms with E-state index in [2.05, 4.69) is 31.8 Å². The van der Waals surface area contributed by atoms with Gasteiger partial charge in [0.1, 0.15) is 24.1 Å². The zero-order valence-corrected chi connectivity index (χ0v) is 40.0. The molecule has 2 amide bonds. The highest BCUT2D eigenvalue weighted by atomic mass is 16.7. The molecule has 0 saturated heterocycles. The molecule has 11 heteroatoms. The first-order valence-electron chi connectivity index (χ1n) is 25.8. The Morgan fingerprint density at radius 1 is 0.906 bits per heavy atom. The van der Waals surface area contributed by atoms with Gasteiger partial charge in [-0.2, -0.15) is 0 Å². The van der Waals surface area contributed by atoms with Crippen LogP contribution in [0.1, 0.15) is 186 Å². The lowest BCUT2D eigenvalue weighted by Gasteiger charge is -2.60. The zero-order chi connectivity index (χ0) is 45.6. The molecule has 11 nitrogen and oxygen atoms in total. The van der Waals surface area contributed by atoms with Crippen molar-refractivity contribution in [1.82, 2.24) is 10.2 Å². The number of hydrogen-bond acceptors (Lipinski definition) is 9. The minimum atomic E-state index is -1.29. The van der Waals surface area contributed by atoms with Crippen molar-refractivity contribution in [3.05, 3.63) is 48.1 Å². The molecule has 2 saturated carbocycles. The Hall–Kier alpha value is -3.41. The second-order valence-electron chi connectivity index (χ2n) is 19.0. The number of rotatable bonds is 31. The van der Waals surface area contributed by atoms with Crippen molar-refractivity contribution < 1.29 is 38.9 Å². The summed E-state index contributed by atoms with van der Waals surface area (Å²) >= 11 is 0. The van der Waals surface area contributed by atoms with Gasteiger partial charge in [0.15, 0.2) is 0 Å². The summed E-state index contributed by atoms with van der Waals surface area (Å²) in [5, 5.41) is 27.7. The summed E-state index contributed by atoms with van der Waals surface area (Å²) in [6, 6.07) is 5.17. The van der Waals surface area contributed by atoms with Gasteiger partial charge in [-0.3, -0.25) is 4.79 Å². The van der Waals surface area contributed by atoms with Crippen molar-refractivity contribution in [2.24, 2.45) is 28.8 Å². The van der Waals surface area contributed by atoms with Crippen molar-refractivity contribution in [3.8, 4) is 11.5 Å². The van der Waals surface area contributed by atoms with E-state index in [0.29, 0.717) is 62.8 Å². The average Bonchev–Trinajstić information content (AvgIpc) is 3.83. The number of hydrogen-bond donors (Lipinski definition) is 3. The van der Waals surface area contributed by atoms with Crippen LogP contribution in [0.3, 0.4) is 0 Å². The fraction of sp³-hybridized carbons (Fsp3) is 0.755. The van der Waals surface area contributed by atoms with Crippen molar-refractivity contribution in [2.75, 3.05) is 39.5 Å². The third-order valence-corrected chi connectivity index (χ3v) is 14.4. The lowest BCUT2D eigenvalue weighted by molar-refractivity contribution is -0.257. The first-order chi connectivity index (χ1) is 31.3. The normalized spacial score (nSPS) is 24.4. The van der Waals surface area contributed by atoms with E-state index in [0.717, 1.165) is 68.2 Å². The predicted octanol–water partition coefficient (Wildman–Crippen LogP) is 11.6. The Kier molecular flexibility index (Phi) is 22.5. The smallest absolute Gasteiger partial charge is 0.412 e. The molecule has 1 aromatic rings. The van der Waals surface area contributed by atoms with Crippen LogP contribution in [0.2, 0.25) is 0 Å². The quantitative estimate of drug-likeness (QED) is 0.0380. The number of fused-ring (bicyclic) bond motifs is 2. The first-order valence-corrected chi connectivity index (χ1v) is 25.8. The minimum Gasteiger partial charge on any atom is -0.459 e. The van der Waals surface area contributed by atoms with Crippen LogP contribution in [0.25, 0.3) is 0 Å². The number of aliphatic hydroxyl groups is 2. The van der Waals surface area contributed by atoms with Gasteiger partial charge in [-0.15, -0.1) is 6.58 Å². The highest BCUT2D eigenvalue weighted by Crippen LogP contribution is 2.62. The molecule has 3 aliphatic carbocycles. The van der Waals surface area contributed by atoms with Crippen molar-refractivity contribution in [3.63, 3.8) is 0 Å². The summed E-state index contributed by atoms with van der Waals surface area (Å²) < 4.78 is 20.5. The van der Waals surface area contributed by atoms with Crippen molar-refractivity contribution >= 4 is 17.7 Å². The van der Waals surface area contributed by atoms with Gasteiger partial charge < -0.3 is 39.5 Å². The van der Waals surface area contributed by atoms with Crippen LogP contribution in [0.4, 0.5) is 4.79 Å². The second kappa shape index (κ2) is 27.9. The van der Waals surface area contributed by atoms with E-state index >= 15 is 0 Å². The molecular weight excluding hydrogens is 807 g/mol. The number of allylic oxidation sites excluding steroid dienone is 1. The van der Waals surface area contributed by atoms with E-state index in [1.807, 2.05) is 24.0 Å². The van der Waals surface area contributed by atoms with Gasteiger partial charge in [-0.1, -0.05) is 127 Å². The number of nitrogens with one attached hydrogen (secondary N) is 1. The summed E-state index contributed by atoms with van der Waals surface area (Å²) in [6.45, 7) is 12.3. The molecule has 1 heterocycles. The largest absolute Gasteiger partial charge is 0.459 e. The number of amides is 2. The summed E-state index contributed by atoms with van der Waals surface area (Å²) in [5.41, 5.74) is 2.74. The SMILES string of the molecule is C=CCOC12Oc3ccc(OC(=O)NCCCCCCCCCCCC)cc3C3C(CCCCO)C(CCCCO)C=C(C(=NOCC)CC1N(CCC)C(=O)CCC1CCCC1)C32. The van der Waals surface area contributed by atoms with Crippen LogP contribution in [-0.4, -0.2) is 84.2 Å². The van der Waals surface area contributed by atoms with Crippen LogP contribution in [0.5, 0.6) is 11.5 Å². The van der Waals surface area contributed by atoms with Crippen molar-refractivity contribution in [1.29, 1.82) is 0 Å². The van der Waals surface area contributed by atoms with Crippen LogP contribution in [0, 0.1) is 23.7 Å². The Bertz CT molecular complexity index is 1630. The van der Waals surface area contributed by atoms with E-state index in [1.165, 1.54) is 77.0 Å². The Morgan fingerprint density at radius 2 is 1.61 bits per heavy atom. The third kappa shape index (κ3) is 14.1. The zero-order valence-electron chi connectivity index (χ0n) is 40.0. The van der Waals surface area contributed by atoms with E-state index in [4.69, 9.17) is 24.2 Å².